The molecular formula is C15H12ClFOS. The van der Waals surface area contributed by atoms with Crippen molar-refractivity contribution < 1.29 is 9.18 Å². The van der Waals surface area contributed by atoms with E-state index in [2.05, 4.69) is 0 Å². The molecule has 1 atom stereocenters. The first-order valence-electron chi connectivity index (χ1n) is 6.22. The number of aryl methyl sites for hydroxylation is 1. The van der Waals surface area contributed by atoms with E-state index in [0.717, 1.165) is 24.8 Å². The lowest BCUT2D eigenvalue weighted by atomic mass is 9.82. The molecule has 3 rings (SSSR count). The van der Waals surface area contributed by atoms with Crippen LogP contribution in [-0.4, -0.2) is 5.78 Å². The van der Waals surface area contributed by atoms with E-state index in [9.17, 15) is 9.18 Å². The minimum atomic E-state index is -0.488. The molecule has 0 aliphatic heterocycles. The lowest BCUT2D eigenvalue weighted by Crippen LogP contribution is -2.17. The molecule has 1 unspecified atom stereocenters. The molecule has 1 nitrogen and oxygen atoms in total. The van der Waals surface area contributed by atoms with E-state index in [0.29, 0.717) is 5.56 Å². The van der Waals surface area contributed by atoms with Crippen LogP contribution in [0, 0.1) is 5.82 Å². The Morgan fingerprint density at radius 3 is 3.00 bits per heavy atom. The summed E-state index contributed by atoms with van der Waals surface area (Å²) >= 11 is 7.46. The van der Waals surface area contributed by atoms with Crippen molar-refractivity contribution >= 4 is 28.7 Å². The third kappa shape index (κ3) is 2.33. The van der Waals surface area contributed by atoms with Gasteiger partial charge in [0, 0.05) is 16.4 Å². The zero-order valence-corrected chi connectivity index (χ0v) is 11.7. The highest BCUT2D eigenvalue weighted by Crippen LogP contribution is 2.37. The number of ketones is 1. The van der Waals surface area contributed by atoms with Gasteiger partial charge in [-0.05, 0) is 54.5 Å². The first-order chi connectivity index (χ1) is 9.16. The fourth-order valence-electron chi connectivity index (χ4n) is 2.61. The van der Waals surface area contributed by atoms with Gasteiger partial charge in [0.1, 0.15) is 5.82 Å². The highest BCUT2D eigenvalue weighted by atomic mass is 35.5. The summed E-state index contributed by atoms with van der Waals surface area (Å²) in [6.07, 6.45) is 2.94. The van der Waals surface area contributed by atoms with E-state index in [-0.39, 0.29) is 16.7 Å². The van der Waals surface area contributed by atoms with Crippen LogP contribution in [0.5, 0.6) is 0 Å². The van der Waals surface area contributed by atoms with Gasteiger partial charge in [0.25, 0.3) is 0 Å². The second-order valence-corrected chi connectivity index (χ2v) is 6.14. The van der Waals surface area contributed by atoms with Crippen LogP contribution in [0.1, 0.15) is 39.6 Å². The number of carbonyl (C=O) groups is 1. The highest BCUT2D eigenvalue weighted by molar-refractivity contribution is 7.10. The smallest absolute Gasteiger partial charge is 0.170 e. The molecule has 0 amide bonds. The highest BCUT2D eigenvalue weighted by Gasteiger charge is 2.28. The number of rotatable bonds is 2. The van der Waals surface area contributed by atoms with Crippen LogP contribution in [0.4, 0.5) is 4.39 Å². The number of hydrogen-bond acceptors (Lipinski definition) is 2. The maximum absolute atomic E-state index is 13.2. The van der Waals surface area contributed by atoms with Gasteiger partial charge in [0.05, 0.1) is 5.02 Å². The van der Waals surface area contributed by atoms with Crippen LogP contribution in [0.15, 0.2) is 29.6 Å². The summed E-state index contributed by atoms with van der Waals surface area (Å²) in [7, 11) is 0. The minimum absolute atomic E-state index is 0.00667. The van der Waals surface area contributed by atoms with Gasteiger partial charge in [-0.3, -0.25) is 4.79 Å². The third-order valence-corrected chi connectivity index (χ3v) is 4.86. The third-order valence-electron chi connectivity index (χ3n) is 3.57. The fourth-order valence-corrected chi connectivity index (χ4v) is 3.78. The number of benzene rings is 1. The van der Waals surface area contributed by atoms with Gasteiger partial charge in [-0.2, -0.15) is 0 Å². The van der Waals surface area contributed by atoms with E-state index < -0.39 is 5.82 Å². The number of fused-ring (bicyclic) bond motifs is 1. The second kappa shape index (κ2) is 5.06. The Labute approximate surface area is 120 Å². The van der Waals surface area contributed by atoms with E-state index in [1.165, 1.54) is 23.1 Å². The topological polar surface area (TPSA) is 17.1 Å². The number of Topliss-reactive ketones (excluding diaryl/α,β-unsaturated/α-hetero) is 1. The normalized spacial score (nSPS) is 18.1. The zero-order valence-electron chi connectivity index (χ0n) is 10.2. The van der Waals surface area contributed by atoms with Crippen molar-refractivity contribution in [3.05, 3.63) is 56.5 Å². The van der Waals surface area contributed by atoms with Crippen LogP contribution >= 0.6 is 22.9 Å². The summed E-state index contributed by atoms with van der Waals surface area (Å²) < 4.78 is 13.2. The SMILES string of the molecule is O=C(c1ccc(F)c(Cl)c1)C1CCCc2sccc21. The van der Waals surface area contributed by atoms with Gasteiger partial charge in [0.15, 0.2) is 5.78 Å². The van der Waals surface area contributed by atoms with E-state index in [1.54, 1.807) is 11.3 Å². The molecule has 19 heavy (non-hydrogen) atoms. The molecule has 0 saturated carbocycles. The molecule has 1 heterocycles. The molecule has 1 aromatic carbocycles. The molecule has 1 aromatic heterocycles. The second-order valence-electron chi connectivity index (χ2n) is 4.74. The molecule has 0 spiro atoms. The first kappa shape index (κ1) is 12.8. The molecule has 2 aromatic rings. The largest absolute Gasteiger partial charge is 0.293 e. The average Bonchev–Trinajstić information content (AvgIpc) is 2.89. The molecule has 0 N–H and O–H groups in total. The maximum Gasteiger partial charge on any atom is 0.170 e. The Bertz CT molecular complexity index is 635. The van der Waals surface area contributed by atoms with E-state index in [1.807, 2.05) is 11.4 Å². The standard InChI is InChI=1S/C15H12ClFOS/c16-12-8-9(4-5-13(12)17)15(18)11-2-1-3-14-10(11)6-7-19-14/h4-8,11H,1-3H2. The van der Waals surface area contributed by atoms with E-state index >= 15 is 0 Å². The summed E-state index contributed by atoms with van der Waals surface area (Å²) in [6.45, 7) is 0. The van der Waals surface area contributed by atoms with Gasteiger partial charge in [-0.25, -0.2) is 4.39 Å². The number of carbonyl (C=O) groups excluding carboxylic acids is 1. The summed E-state index contributed by atoms with van der Waals surface area (Å²) in [5, 5.41) is 2.04. The molecule has 0 saturated heterocycles. The van der Waals surface area contributed by atoms with Crippen molar-refractivity contribution in [3.8, 4) is 0 Å². The molecule has 0 fully saturated rings. The Kier molecular flexibility index (Phi) is 3.42. The minimum Gasteiger partial charge on any atom is -0.293 e. The molecule has 98 valence electrons. The molecule has 1 aliphatic rings. The molecular weight excluding hydrogens is 283 g/mol. The Morgan fingerprint density at radius 1 is 1.37 bits per heavy atom. The van der Waals surface area contributed by atoms with Crippen LogP contribution in [0.25, 0.3) is 0 Å². The lowest BCUT2D eigenvalue weighted by Gasteiger charge is -2.21. The summed E-state index contributed by atoms with van der Waals surface area (Å²) in [4.78, 5) is 13.9. The van der Waals surface area contributed by atoms with Crippen molar-refractivity contribution in [3.63, 3.8) is 0 Å². The summed E-state index contributed by atoms with van der Waals surface area (Å²) in [5.41, 5.74) is 1.64. The van der Waals surface area contributed by atoms with Crippen LogP contribution in [0.3, 0.4) is 0 Å². The van der Waals surface area contributed by atoms with E-state index in [4.69, 9.17) is 11.6 Å². The summed E-state index contributed by atoms with van der Waals surface area (Å²) in [5.74, 6) is -0.545. The fraction of sp³-hybridized carbons (Fsp3) is 0.267. The van der Waals surface area contributed by atoms with Gasteiger partial charge < -0.3 is 0 Å². The van der Waals surface area contributed by atoms with Crippen molar-refractivity contribution in [1.29, 1.82) is 0 Å². The van der Waals surface area contributed by atoms with Crippen molar-refractivity contribution in [2.45, 2.75) is 25.2 Å². The first-order valence-corrected chi connectivity index (χ1v) is 7.48. The summed E-state index contributed by atoms with van der Waals surface area (Å²) in [6, 6.07) is 6.24. The Hall–Kier alpha value is -1.19. The van der Waals surface area contributed by atoms with Crippen LogP contribution in [-0.2, 0) is 6.42 Å². The van der Waals surface area contributed by atoms with Gasteiger partial charge in [-0.1, -0.05) is 11.6 Å². The van der Waals surface area contributed by atoms with Gasteiger partial charge >= 0.3 is 0 Å². The molecule has 0 radical (unpaired) electrons. The van der Waals surface area contributed by atoms with Crippen LogP contribution in [0.2, 0.25) is 5.02 Å². The average molecular weight is 295 g/mol. The number of thiophene rings is 1. The van der Waals surface area contributed by atoms with Gasteiger partial charge in [0.2, 0.25) is 0 Å². The van der Waals surface area contributed by atoms with Crippen molar-refractivity contribution in [2.75, 3.05) is 0 Å². The molecule has 1 aliphatic carbocycles. The Balaban J connectivity index is 1.95. The number of hydrogen-bond donors (Lipinski definition) is 0. The Morgan fingerprint density at radius 2 is 2.21 bits per heavy atom. The zero-order chi connectivity index (χ0) is 13.4. The lowest BCUT2D eigenvalue weighted by molar-refractivity contribution is 0.0951. The van der Waals surface area contributed by atoms with Crippen molar-refractivity contribution in [1.82, 2.24) is 0 Å². The number of halogens is 2. The molecule has 4 heteroatoms. The van der Waals surface area contributed by atoms with Gasteiger partial charge in [-0.15, -0.1) is 11.3 Å². The van der Waals surface area contributed by atoms with Crippen molar-refractivity contribution in [2.24, 2.45) is 0 Å². The molecule has 0 bridgehead atoms. The monoisotopic (exact) mass is 294 g/mol. The predicted molar refractivity (Wildman–Crippen MR) is 75.7 cm³/mol. The maximum atomic E-state index is 13.2. The predicted octanol–water partition coefficient (Wildman–Crippen LogP) is 4.84. The van der Waals surface area contributed by atoms with Crippen LogP contribution < -0.4 is 0 Å². The quantitative estimate of drug-likeness (QED) is 0.724.